The smallest absolute Gasteiger partial charge is 0.246 e. The van der Waals surface area contributed by atoms with Crippen LogP contribution in [-0.4, -0.2) is 71.4 Å². The van der Waals surface area contributed by atoms with Gasteiger partial charge in [0.05, 0.1) is 40.5 Å². The van der Waals surface area contributed by atoms with Crippen molar-refractivity contribution in [3.8, 4) is 6.07 Å². The van der Waals surface area contributed by atoms with Crippen molar-refractivity contribution in [1.29, 1.82) is 5.26 Å². The lowest BCUT2D eigenvalue weighted by Gasteiger charge is -2.56. The van der Waals surface area contributed by atoms with Gasteiger partial charge in [-0.1, -0.05) is 0 Å². The molecular formula is C25H35Cl2F2N3O4. The molecule has 7 unspecified atom stereocenters. The standard InChI is InChI=1S/C25H35Cl2F2N3O4/c26-18-3-1-16(9-20(18)28)35-13-22(33)31-24-5-7-25(8-6-24,15(11-24)12-30)32-23(34)14-36-17-2-4-19(27)21(29)10-17/h15-21H,1-11,13-14H2,(H,31,33)(H,32,34). The van der Waals surface area contributed by atoms with Gasteiger partial charge in [0.2, 0.25) is 11.8 Å². The maximum Gasteiger partial charge on any atom is 0.246 e. The molecule has 5 aliphatic carbocycles. The minimum absolute atomic E-state index is 0.159. The molecule has 5 rings (SSSR count). The van der Waals surface area contributed by atoms with Crippen LogP contribution in [0.3, 0.4) is 0 Å². The van der Waals surface area contributed by atoms with Gasteiger partial charge in [0.1, 0.15) is 25.6 Å². The number of hydrogen-bond donors (Lipinski definition) is 2. The molecule has 7 nitrogen and oxygen atoms in total. The molecule has 36 heavy (non-hydrogen) atoms. The number of fused-ring (bicyclic) bond motifs is 3. The van der Waals surface area contributed by atoms with Crippen molar-refractivity contribution in [3.63, 3.8) is 0 Å². The van der Waals surface area contributed by atoms with Crippen LogP contribution in [0.1, 0.15) is 70.6 Å². The number of ether oxygens (including phenoxy) is 2. The van der Waals surface area contributed by atoms with Crippen molar-refractivity contribution in [2.75, 3.05) is 13.2 Å². The summed E-state index contributed by atoms with van der Waals surface area (Å²) in [5.74, 6) is -1.05. The molecule has 0 heterocycles. The molecule has 7 atom stereocenters. The number of carbonyl (C=O) groups excluding carboxylic acids is 2. The summed E-state index contributed by atoms with van der Waals surface area (Å²) in [5.41, 5.74) is -1.18. The predicted molar refractivity (Wildman–Crippen MR) is 130 cm³/mol. The summed E-state index contributed by atoms with van der Waals surface area (Å²) in [6.07, 6.45) is 2.53. The first-order valence-electron chi connectivity index (χ1n) is 12.9. The Bertz CT molecular complexity index is 852. The Kier molecular flexibility index (Phi) is 9.02. The van der Waals surface area contributed by atoms with Crippen LogP contribution in [0.25, 0.3) is 0 Å². The van der Waals surface area contributed by atoms with Crippen LogP contribution in [0, 0.1) is 17.2 Å². The summed E-state index contributed by atoms with van der Waals surface area (Å²) in [7, 11) is 0. The van der Waals surface area contributed by atoms with E-state index >= 15 is 0 Å². The number of rotatable bonds is 8. The Morgan fingerprint density at radius 2 is 1.36 bits per heavy atom. The Hall–Kier alpha value is -1.21. The average molecular weight is 550 g/mol. The summed E-state index contributed by atoms with van der Waals surface area (Å²) in [4.78, 5) is 25.3. The fourth-order valence-electron chi connectivity index (χ4n) is 6.29. The van der Waals surface area contributed by atoms with Crippen molar-refractivity contribution < 1.29 is 27.8 Å². The van der Waals surface area contributed by atoms with Gasteiger partial charge in [-0.05, 0) is 57.8 Å². The third-order valence-corrected chi connectivity index (χ3v) is 9.48. The Balaban J connectivity index is 1.24. The van der Waals surface area contributed by atoms with E-state index in [1.165, 1.54) is 0 Å². The summed E-state index contributed by atoms with van der Waals surface area (Å²) in [5, 5.41) is 15.0. The molecule has 0 aromatic heterocycles. The quantitative estimate of drug-likeness (QED) is 0.448. The van der Waals surface area contributed by atoms with Gasteiger partial charge < -0.3 is 20.1 Å². The van der Waals surface area contributed by atoms with Gasteiger partial charge in [0, 0.05) is 18.4 Å². The summed E-state index contributed by atoms with van der Waals surface area (Å²) in [6.45, 7) is -0.345. The van der Waals surface area contributed by atoms with Gasteiger partial charge >= 0.3 is 0 Å². The van der Waals surface area contributed by atoms with Crippen LogP contribution < -0.4 is 10.6 Å². The number of nitrogens with one attached hydrogen (secondary N) is 2. The largest absolute Gasteiger partial charge is 0.368 e. The van der Waals surface area contributed by atoms with E-state index < -0.39 is 40.1 Å². The van der Waals surface area contributed by atoms with Crippen molar-refractivity contribution in [2.24, 2.45) is 5.92 Å². The SMILES string of the molecule is N#CC1CC2(NC(=O)COC3CCC(Cl)C(F)C3)CCC1(NC(=O)COC1CCC(Cl)C(F)C1)CC2. The van der Waals surface area contributed by atoms with Crippen LogP contribution in [0.15, 0.2) is 0 Å². The number of nitrogens with zero attached hydrogens (tertiary/aromatic N) is 1. The fraction of sp³-hybridized carbons (Fsp3) is 0.880. The lowest BCUT2D eigenvalue weighted by molar-refractivity contribution is -0.137. The molecule has 0 saturated heterocycles. The summed E-state index contributed by atoms with van der Waals surface area (Å²) < 4.78 is 38.9. The van der Waals surface area contributed by atoms with Gasteiger partial charge in [0.15, 0.2) is 0 Å². The highest BCUT2D eigenvalue weighted by Crippen LogP contribution is 2.50. The molecule has 202 valence electrons. The number of hydrogen-bond acceptors (Lipinski definition) is 5. The molecular weight excluding hydrogens is 515 g/mol. The van der Waals surface area contributed by atoms with Gasteiger partial charge in [-0.15, -0.1) is 23.2 Å². The predicted octanol–water partition coefficient (Wildman–Crippen LogP) is 3.84. The number of alkyl halides is 4. The molecule has 0 radical (unpaired) electrons. The lowest BCUT2D eigenvalue weighted by Crippen LogP contribution is -2.68. The second-order valence-electron chi connectivity index (χ2n) is 11.0. The van der Waals surface area contributed by atoms with Gasteiger partial charge in [0.25, 0.3) is 0 Å². The normalized spacial score (nSPS) is 42.4. The summed E-state index contributed by atoms with van der Waals surface area (Å²) in [6, 6.07) is 2.33. The van der Waals surface area contributed by atoms with Crippen LogP contribution in [0.5, 0.6) is 0 Å². The average Bonchev–Trinajstić information content (AvgIpc) is 2.86. The van der Waals surface area contributed by atoms with Crippen LogP contribution >= 0.6 is 23.2 Å². The number of nitriles is 1. The van der Waals surface area contributed by atoms with Gasteiger partial charge in [-0.2, -0.15) is 5.26 Å². The van der Waals surface area contributed by atoms with E-state index in [1.807, 2.05) is 0 Å². The van der Waals surface area contributed by atoms with Gasteiger partial charge in [-0.25, -0.2) is 8.78 Å². The first kappa shape index (κ1) is 27.8. The van der Waals surface area contributed by atoms with E-state index in [0.29, 0.717) is 57.8 Å². The second-order valence-corrected chi connectivity index (χ2v) is 12.1. The van der Waals surface area contributed by atoms with Crippen molar-refractivity contribution in [2.45, 2.75) is 117 Å². The highest BCUT2D eigenvalue weighted by Gasteiger charge is 2.56. The molecule has 2 amide bonds. The molecule has 5 aliphatic rings. The topological polar surface area (TPSA) is 100 Å². The molecule has 0 spiro atoms. The van der Waals surface area contributed by atoms with E-state index in [1.54, 1.807) is 0 Å². The zero-order valence-electron chi connectivity index (χ0n) is 20.3. The lowest BCUT2D eigenvalue weighted by atomic mass is 9.56. The maximum absolute atomic E-state index is 13.8. The number of amides is 2. The fourth-order valence-corrected chi connectivity index (χ4v) is 6.75. The third kappa shape index (κ3) is 6.43. The van der Waals surface area contributed by atoms with Crippen molar-refractivity contribution in [3.05, 3.63) is 0 Å². The molecule has 11 heteroatoms. The molecule has 5 fully saturated rings. The van der Waals surface area contributed by atoms with Crippen LogP contribution in [0.2, 0.25) is 0 Å². The summed E-state index contributed by atoms with van der Waals surface area (Å²) >= 11 is 11.8. The van der Waals surface area contributed by atoms with E-state index in [2.05, 4.69) is 16.7 Å². The zero-order valence-corrected chi connectivity index (χ0v) is 21.8. The molecule has 2 N–H and O–H groups in total. The number of halogens is 4. The first-order chi connectivity index (χ1) is 17.1. The third-order valence-electron chi connectivity index (χ3n) is 8.50. The highest BCUT2D eigenvalue weighted by molar-refractivity contribution is 6.21. The molecule has 0 aliphatic heterocycles. The molecule has 0 aromatic carbocycles. The monoisotopic (exact) mass is 549 g/mol. The zero-order chi connectivity index (χ0) is 25.9. The Morgan fingerprint density at radius 1 is 0.861 bits per heavy atom. The van der Waals surface area contributed by atoms with E-state index in [9.17, 15) is 23.6 Å². The first-order valence-corrected chi connectivity index (χ1v) is 13.8. The molecule has 5 saturated carbocycles. The molecule has 2 bridgehead atoms. The van der Waals surface area contributed by atoms with Gasteiger partial charge in [-0.3, -0.25) is 9.59 Å². The molecule has 0 aromatic rings. The highest BCUT2D eigenvalue weighted by atomic mass is 35.5. The van der Waals surface area contributed by atoms with E-state index in [-0.39, 0.29) is 50.1 Å². The Labute approximate surface area is 220 Å². The van der Waals surface area contributed by atoms with Crippen molar-refractivity contribution in [1.82, 2.24) is 10.6 Å². The number of carbonyl (C=O) groups is 2. The van der Waals surface area contributed by atoms with Crippen LogP contribution in [-0.2, 0) is 19.1 Å². The van der Waals surface area contributed by atoms with E-state index in [0.717, 1.165) is 0 Å². The van der Waals surface area contributed by atoms with E-state index in [4.69, 9.17) is 32.7 Å². The minimum atomic E-state index is -1.14. The van der Waals surface area contributed by atoms with Crippen molar-refractivity contribution >= 4 is 35.0 Å². The second kappa shape index (κ2) is 11.7. The van der Waals surface area contributed by atoms with Crippen LogP contribution in [0.4, 0.5) is 8.78 Å². The minimum Gasteiger partial charge on any atom is -0.368 e. The Morgan fingerprint density at radius 3 is 1.83 bits per heavy atom. The maximum atomic E-state index is 13.8.